The number of hydrogen-bond acceptors (Lipinski definition) is 3. The van der Waals surface area contributed by atoms with Crippen LogP contribution in [0.4, 0.5) is 13.2 Å². The molecule has 0 atom stereocenters. The van der Waals surface area contributed by atoms with E-state index in [-0.39, 0.29) is 15.2 Å². The van der Waals surface area contributed by atoms with Gasteiger partial charge in [-0.15, -0.1) is 10.2 Å². The number of aromatic nitrogens is 1. The van der Waals surface area contributed by atoms with Crippen LogP contribution in [0.15, 0.2) is 27.0 Å². The van der Waals surface area contributed by atoms with Gasteiger partial charge in [-0.3, -0.25) is 4.98 Å². The van der Waals surface area contributed by atoms with E-state index in [9.17, 15) is 13.2 Å². The minimum absolute atomic E-state index is 0.136. The first-order valence-corrected chi connectivity index (χ1v) is 4.86. The van der Waals surface area contributed by atoms with Crippen LogP contribution in [0.5, 0.6) is 0 Å². The zero-order valence-corrected chi connectivity index (χ0v) is 9.23. The van der Waals surface area contributed by atoms with Crippen LogP contribution < -0.4 is 0 Å². The number of rotatable bonds is 1. The fraction of sp³-hybridized carbons (Fsp3) is 0.286. The van der Waals surface area contributed by atoms with Gasteiger partial charge >= 0.3 is 11.8 Å². The number of pyridine rings is 1. The Morgan fingerprint density at radius 2 is 1.93 bits per heavy atom. The van der Waals surface area contributed by atoms with Crippen LogP contribution in [0.1, 0.15) is 5.69 Å². The maximum Gasteiger partial charge on any atom is 0.443 e. The smallest absolute Gasteiger partial charge is 0.253 e. The molecule has 1 aromatic heterocycles. The van der Waals surface area contributed by atoms with Gasteiger partial charge in [0.1, 0.15) is 5.69 Å². The number of halogens is 5. The maximum atomic E-state index is 12.6. The summed E-state index contributed by atoms with van der Waals surface area (Å²) >= 11 is 8.52. The van der Waals surface area contributed by atoms with E-state index in [1.807, 2.05) is 0 Å². The fourth-order valence-corrected chi connectivity index (χ4v) is 1.98. The highest BCUT2D eigenvalue weighted by Crippen LogP contribution is 2.53. The van der Waals surface area contributed by atoms with Crippen LogP contribution in [-0.4, -0.2) is 11.2 Å². The molecule has 0 spiro atoms. The molecule has 0 fully saturated rings. The van der Waals surface area contributed by atoms with Crippen molar-refractivity contribution in [1.29, 1.82) is 0 Å². The molecule has 1 aromatic rings. The van der Waals surface area contributed by atoms with Crippen molar-refractivity contribution < 1.29 is 13.2 Å². The minimum atomic E-state index is -4.57. The maximum absolute atomic E-state index is 12.6. The molecule has 0 amide bonds. The molecule has 80 valence electrons. The van der Waals surface area contributed by atoms with E-state index >= 15 is 0 Å². The molecule has 0 saturated heterocycles. The van der Waals surface area contributed by atoms with Gasteiger partial charge in [0.2, 0.25) is 0 Å². The number of hydrogen-bond donors (Lipinski definition) is 0. The van der Waals surface area contributed by atoms with E-state index in [1.54, 1.807) is 0 Å². The third-order valence-corrected chi connectivity index (χ3v) is 2.64. The average Bonchev–Trinajstić information content (AvgIpc) is 2.83. The molecular weight excluding hydrogens is 298 g/mol. The third kappa shape index (κ3) is 1.63. The second-order valence-electron chi connectivity index (χ2n) is 2.85. The van der Waals surface area contributed by atoms with Crippen molar-refractivity contribution >= 4 is 27.5 Å². The van der Waals surface area contributed by atoms with Crippen LogP contribution in [0.25, 0.3) is 0 Å². The monoisotopic (exact) mass is 299 g/mol. The predicted molar refractivity (Wildman–Crippen MR) is 49.5 cm³/mol. The third-order valence-electron chi connectivity index (χ3n) is 1.83. The zero-order valence-electron chi connectivity index (χ0n) is 6.89. The SMILES string of the molecule is FC(F)(F)C1(c2ncc(Cl)cc2Br)N=N1. The highest BCUT2D eigenvalue weighted by atomic mass is 79.9. The highest BCUT2D eigenvalue weighted by Gasteiger charge is 2.67. The van der Waals surface area contributed by atoms with Crippen LogP contribution in [0.3, 0.4) is 0 Å². The van der Waals surface area contributed by atoms with Crippen LogP contribution >= 0.6 is 27.5 Å². The van der Waals surface area contributed by atoms with E-state index in [4.69, 9.17) is 11.6 Å². The van der Waals surface area contributed by atoms with Gasteiger partial charge in [-0.2, -0.15) is 13.2 Å². The molecule has 0 saturated carbocycles. The van der Waals surface area contributed by atoms with Gasteiger partial charge in [0.25, 0.3) is 0 Å². The van der Waals surface area contributed by atoms with Crippen molar-refractivity contribution in [2.24, 2.45) is 10.2 Å². The predicted octanol–water partition coefficient (Wildman–Crippen LogP) is 3.68. The molecule has 0 radical (unpaired) electrons. The molecule has 0 unspecified atom stereocenters. The van der Waals surface area contributed by atoms with Gasteiger partial charge < -0.3 is 0 Å². The zero-order chi connectivity index (χ0) is 11.3. The Bertz CT molecular complexity index is 440. The van der Waals surface area contributed by atoms with Crippen molar-refractivity contribution in [3.63, 3.8) is 0 Å². The van der Waals surface area contributed by atoms with Gasteiger partial charge in [-0.25, -0.2) is 0 Å². The average molecular weight is 300 g/mol. The van der Waals surface area contributed by atoms with Crippen molar-refractivity contribution in [1.82, 2.24) is 4.98 Å². The van der Waals surface area contributed by atoms with Crippen LogP contribution in [-0.2, 0) is 5.66 Å². The summed E-state index contributed by atoms with van der Waals surface area (Å²) in [7, 11) is 0. The van der Waals surface area contributed by atoms with E-state index in [0.717, 1.165) is 6.20 Å². The Morgan fingerprint density at radius 1 is 1.33 bits per heavy atom. The summed E-state index contributed by atoms with van der Waals surface area (Å²) in [6.45, 7) is 0. The van der Waals surface area contributed by atoms with Crippen molar-refractivity contribution in [3.8, 4) is 0 Å². The lowest BCUT2D eigenvalue weighted by molar-refractivity contribution is -0.167. The molecule has 2 rings (SSSR count). The molecule has 2 heterocycles. The van der Waals surface area contributed by atoms with E-state index in [2.05, 4.69) is 31.1 Å². The summed E-state index contributed by atoms with van der Waals surface area (Å²) in [4.78, 5) is 3.59. The molecule has 3 nitrogen and oxygen atoms in total. The molecule has 0 aliphatic carbocycles. The molecule has 0 aromatic carbocycles. The quantitative estimate of drug-likeness (QED) is 0.779. The van der Waals surface area contributed by atoms with Gasteiger partial charge in [0, 0.05) is 10.7 Å². The Morgan fingerprint density at radius 3 is 2.33 bits per heavy atom. The van der Waals surface area contributed by atoms with Gasteiger partial charge in [0.15, 0.2) is 0 Å². The largest absolute Gasteiger partial charge is 0.443 e. The van der Waals surface area contributed by atoms with Crippen molar-refractivity contribution in [2.75, 3.05) is 0 Å². The molecule has 8 heteroatoms. The summed E-state index contributed by atoms with van der Waals surface area (Å²) in [5.41, 5.74) is -2.80. The van der Waals surface area contributed by atoms with Crippen molar-refractivity contribution in [2.45, 2.75) is 11.8 Å². The topological polar surface area (TPSA) is 37.6 Å². The number of alkyl halides is 3. The first-order valence-electron chi connectivity index (χ1n) is 3.69. The van der Waals surface area contributed by atoms with Gasteiger partial charge in [0.05, 0.1) is 5.02 Å². The van der Waals surface area contributed by atoms with E-state index in [0.29, 0.717) is 0 Å². The normalized spacial score (nSPS) is 17.9. The Balaban J connectivity index is 2.47. The summed E-state index contributed by atoms with van der Waals surface area (Å²) in [6, 6.07) is 1.32. The lowest BCUT2D eigenvalue weighted by Gasteiger charge is -2.14. The van der Waals surface area contributed by atoms with E-state index < -0.39 is 11.8 Å². The lowest BCUT2D eigenvalue weighted by Crippen LogP contribution is -2.31. The Hall–Kier alpha value is -0.690. The Kier molecular flexibility index (Phi) is 2.27. The molecule has 1 aliphatic heterocycles. The van der Waals surface area contributed by atoms with Crippen molar-refractivity contribution in [3.05, 3.63) is 27.5 Å². The highest BCUT2D eigenvalue weighted by molar-refractivity contribution is 9.10. The molecule has 0 bridgehead atoms. The first kappa shape index (κ1) is 10.8. The van der Waals surface area contributed by atoms with E-state index in [1.165, 1.54) is 6.07 Å². The summed E-state index contributed by atoms with van der Waals surface area (Å²) in [6.07, 6.45) is -3.45. The molecule has 15 heavy (non-hydrogen) atoms. The standard InChI is InChI=1S/C7H2BrClF3N3/c8-4-1-3(9)2-13-5(4)6(14-15-6)7(10,11)12/h1-2H. The van der Waals surface area contributed by atoms with Crippen LogP contribution in [0.2, 0.25) is 5.02 Å². The van der Waals surface area contributed by atoms with Gasteiger partial charge in [-0.1, -0.05) is 11.6 Å². The fourth-order valence-electron chi connectivity index (χ4n) is 1.06. The van der Waals surface area contributed by atoms with Gasteiger partial charge in [-0.05, 0) is 22.0 Å². The summed E-state index contributed by atoms with van der Waals surface area (Å²) < 4.78 is 37.9. The second-order valence-corrected chi connectivity index (χ2v) is 4.14. The Labute approximate surface area is 95.5 Å². The molecule has 0 N–H and O–H groups in total. The summed E-state index contributed by atoms with van der Waals surface area (Å²) in [5.74, 6) is 0. The minimum Gasteiger partial charge on any atom is -0.253 e. The second kappa shape index (κ2) is 3.15. The number of nitrogens with zero attached hydrogens (tertiary/aromatic N) is 3. The summed E-state index contributed by atoms with van der Waals surface area (Å²) in [5, 5.41) is 6.30. The molecular formula is C7H2BrClF3N3. The first-order chi connectivity index (χ1) is 6.87. The lowest BCUT2D eigenvalue weighted by atomic mass is 10.1. The van der Waals surface area contributed by atoms with Crippen LogP contribution in [0, 0.1) is 0 Å². The molecule has 1 aliphatic rings.